The van der Waals surface area contributed by atoms with Gasteiger partial charge in [0.15, 0.2) is 5.03 Å². The number of ether oxygens (including phenoxy) is 2. The Balaban J connectivity index is 1.98. The number of aromatic nitrogens is 1. The fourth-order valence-corrected chi connectivity index (χ4v) is 3.39. The number of sulfone groups is 1. The highest BCUT2D eigenvalue weighted by molar-refractivity contribution is 7.91. The Labute approximate surface area is 159 Å². The number of methoxy groups -OCH3 is 1. The Morgan fingerprint density at radius 2 is 1.78 bits per heavy atom. The van der Waals surface area contributed by atoms with E-state index in [-0.39, 0.29) is 9.92 Å². The number of hydrogen-bond acceptors (Lipinski definition) is 6. The quantitative estimate of drug-likeness (QED) is 0.812. The van der Waals surface area contributed by atoms with Gasteiger partial charge in [0.2, 0.25) is 9.84 Å². The first-order chi connectivity index (χ1) is 12.6. The third kappa shape index (κ3) is 5.96. The number of hydrogen-bond donors (Lipinski definition) is 1. The predicted octanol–water partition coefficient (Wildman–Crippen LogP) is 2.99. The zero-order valence-corrected chi connectivity index (χ0v) is 16.7. The second-order valence-electron chi connectivity index (χ2n) is 6.86. The summed E-state index contributed by atoms with van der Waals surface area (Å²) in [6.45, 7) is 5.73. The Bertz CT molecular complexity index is 870. The lowest BCUT2D eigenvalue weighted by atomic mass is 10.2. The lowest BCUT2D eigenvalue weighted by Crippen LogP contribution is -2.33. The van der Waals surface area contributed by atoms with E-state index in [0.29, 0.717) is 18.7 Å². The van der Waals surface area contributed by atoms with Crippen molar-refractivity contribution in [3.63, 3.8) is 0 Å². The molecular formula is C19H24N2O5S. The average Bonchev–Trinajstić information content (AvgIpc) is 2.60. The van der Waals surface area contributed by atoms with Crippen LogP contribution < -0.4 is 10.1 Å². The van der Waals surface area contributed by atoms with Crippen LogP contribution in [0.4, 0.5) is 4.79 Å². The largest absolute Gasteiger partial charge is 0.497 e. The summed E-state index contributed by atoms with van der Waals surface area (Å²) in [6, 6.07) is 9.28. The number of alkyl carbamates (subject to hydrolysis) is 1. The summed E-state index contributed by atoms with van der Waals surface area (Å²) in [6.07, 6.45) is 1.51. The zero-order chi connectivity index (χ0) is 20.1. The summed E-state index contributed by atoms with van der Waals surface area (Å²) < 4.78 is 35.4. The van der Waals surface area contributed by atoms with Gasteiger partial charge in [0, 0.05) is 12.7 Å². The number of rotatable bonds is 6. The molecule has 7 nitrogen and oxygen atoms in total. The molecule has 0 unspecified atom stereocenters. The second kappa shape index (κ2) is 8.39. The molecule has 27 heavy (non-hydrogen) atoms. The normalized spacial score (nSPS) is 11.7. The van der Waals surface area contributed by atoms with Crippen LogP contribution in [-0.2, 0) is 21.0 Å². The summed E-state index contributed by atoms with van der Waals surface area (Å²) in [5, 5.41) is 2.62. The van der Waals surface area contributed by atoms with E-state index >= 15 is 0 Å². The summed E-state index contributed by atoms with van der Waals surface area (Å²) in [4.78, 5) is 15.8. The van der Waals surface area contributed by atoms with Crippen molar-refractivity contribution in [3.05, 3.63) is 48.2 Å². The molecule has 0 atom stereocenters. The van der Waals surface area contributed by atoms with Crippen LogP contribution in [0.1, 0.15) is 26.3 Å². The summed E-state index contributed by atoms with van der Waals surface area (Å²) in [5.41, 5.74) is 0.253. The van der Waals surface area contributed by atoms with Crippen LogP contribution in [0.25, 0.3) is 0 Å². The fraction of sp³-hybridized carbons (Fsp3) is 0.368. The maximum absolute atomic E-state index is 12.6. The highest BCUT2D eigenvalue weighted by atomic mass is 32.2. The van der Waals surface area contributed by atoms with Crippen molar-refractivity contribution >= 4 is 15.9 Å². The van der Waals surface area contributed by atoms with Crippen LogP contribution in [0, 0.1) is 0 Å². The molecule has 1 aromatic carbocycles. The van der Waals surface area contributed by atoms with Crippen LogP contribution in [0.2, 0.25) is 0 Å². The second-order valence-corrected chi connectivity index (χ2v) is 8.76. The summed E-state index contributed by atoms with van der Waals surface area (Å²) in [5.74, 6) is 0.578. The van der Waals surface area contributed by atoms with Gasteiger partial charge >= 0.3 is 6.09 Å². The number of carbonyl (C=O) groups excluding carboxylic acids is 1. The number of pyridine rings is 1. The minimum absolute atomic E-state index is 0.0310. The van der Waals surface area contributed by atoms with Crippen molar-refractivity contribution < 1.29 is 22.7 Å². The molecule has 0 saturated carbocycles. The molecule has 1 N–H and O–H groups in total. The molecule has 8 heteroatoms. The molecule has 1 amide bonds. The maximum Gasteiger partial charge on any atom is 0.407 e. The van der Waals surface area contributed by atoms with Gasteiger partial charge in [-0.1, -0.05) is 6.07 Å². The van der Waals surface area contributed by atoms with Crippen LogP contribution >= 0.6 is 0 Å². The van der Waals surface area contributed by atoms with Gasteiger partial charge in [-0.15, -0.1) is 0 Å². The monoisotopic (exact) mass is 392 g/mol. The third-order valence-electron chi connectivity index (χ3n) is 3.52. The van der Waals surface area contributed by atoms with Crippen LogP contribution in [0.3, 0.4) is 0 Å². The van der Waals surface area contributed by atoms with E-state index in [1.165, 1.54) is 31.5 Å². The molecule has 0 saturated heterocycles. The molecule has 0 aliphatic carbocycles. The predicted molar refractivity (Wildman–Crippen MR) is 101 cm³/mol. The number of carbonyl (C=O) groups is 1. The molecule has 2 aromatic rings. The molecule has 0 bridgehead atoms. The lowest BCUT2D eigenvalue weighted by molar-refractivity contribution is 0.0528. The number of nitrogens with one attached hydrogen (secondary N) is 1. The van der Waals surface area contributed by atoms with Crippen molar-refractivity contribution in [1.29, 1.82) is 0 Å². The zero-order valence-electron chi connectivity index (χ0n) is 15.9. The van der Waals surface area contributed by atoms with Crippen molar-refractivity contribution in [2.24, 2.45) is 0 Å². The molecule has 0 radical (unpaired) electrons. The minimum atomic E-state index is -3.69. The maximum atomic E-state index is 12.6. The number of amides is 1. The van der Waals surface area contributed by atoms with Gasteiger partial charge in [-0.2, -0.15) is 0 Å². The highest BCUT2D eigenvalue weighted by Gasteiger charge is 2.19. The van der Waals surface area contributed by atoms with Gasteiger partial charge in [0.1, 0.15) is 11.4 Å². The van der Waals surface area contributed by atoms with E-state index in [0.717, 1.165) is 5.56 Å². The topological polar surface area (TPSA) is 94.6 Å². The molecule has 0 aliphatic heterocycles. The minimum Gasteiger partial charge on any atom is -0.497 e. The van der Waals surface area contributed by atoms with Crippen molar-refractivity contribution in [2.75, 3.05) is 13.7 Å². The Morgan fingerprint density at radius 1 is 1.11 bits per heavy atom. The van der Waals surface area contributed by atoms with Gasteiger partial charge in [-0.3, -0.25) is 0 Å². The first-order valence-corrected chi connectivity index (χ1v) is 9.91. The van der Waals surface area contributed by atoms with Crippen LogP contribution in [0.5, 0.6) is 5.75 Å². The molecule has 0 fully saturated rings. The highest BCUT2D eigenvalue weighted by Crippen LogP contribution is 2.21. The van der Waals surface area contributed by atoms with Crippen LogP contribution in [0.15, 0.2) is 52.5 Å². The van der Waals surface area contributed by atoms with E-state index in [1.807, 2.05) is 0 Å². The SMILES string of the molecule is COc1ccc(S(=O)(=O)c2ccc(CCNC(=O)OC(C)(C)C)cn2)cc1. The van der Waals surface area contributed by atoms with E-state index < -0.39 is 21.5 Å². The Kier molecular flexibility index (Phi) is 6.43. The van der Waals surface area contributed by atoms with Crippen molar-refractivity contribution in [1.82, 2.24) is 10.3 Å². The fourth-order valence-electron chi connectivity index (χ4n) is 2.22. The number of nitrogens with zero attached hydrogens (tertiary/aromatic N) is 1. The van der Waals surface area contributed by atoms with Crippen molar-refractivity contribution in [2.45, 2.75) is 42.7 Å². The summed E-state index contributed by atoms with van der Waals surface area (Å²) >= 11 is 0. The van der Waals surface area contributed by atoms with Gasteiger partial charge in [0.25, 0.3) is 0 Å². The standard InChI is InChI=1S/C19H24N2O5S/c1-19(2,3)26-18(22)20-12-11-14-5-10-17(21-13-14)27(23,24)16-8-6-15(25-4)7-9-16/h5-10,13H,11-12H2,1-4H3,(H,20,22). The van der Waals surface area contributed by atoms with Gasteiger partial charge in [0.05, 0.1) is 12.0 Å². The van der Waals surface area contributed by atoms with Gasteiger partial charge in [-0.05, 0) is 63.1 Å². The van der Waals surface area contributed by atoms with Gasteiger partial charge < -0.3 is 14.8 Å². The van der Waals surface area contributed by atoms with E-state index in [2.05, 4.69) is 10.3 Å². The molecule has 1 aromatic heterocycles. The smallest absolute Gasteiger partial charge is 0.407 e. The Morgan fingerprint density at radius 3 is 2.30 bits per heavy atom. The van der Waals surface area contributed by atoms with E-state index in [9.17, 15) is 13.2 Å². The third-order valence-corrected chi connectivity index (χ3v) is 5.21. The molecule has 1 heterocycles. The average molecular weight is 392 g/mol. The lowest BCUT2D eigenvalue weighted by Gasteiger charge is -2.19. The summed E-state index contributed by atoms with van der Waals surface area (Å²) in [7, 11) is -2.18. The molecule has 2 rings (SSSR count). The molecule has 0 spiro atoms. The van der Waals surface area contributed by atoms with Gasteiger partial charge in [-0.25, -0.2) is 18.2 Å². The molecule has 0 aliphatic rings. The first kappa shape index (κ1) is 20.7. The van der Waals surface area contributed by atoms with Crippen LogP contribution in [-0.4, -0.2) is 38.8 Å². The molecular weight excluding hydrogens is 368 g/mol. The molecule has 146 valence electrons. The first-order valence-electron chi connectivity index (χ1n) is 8.43. The number of benzene rings is 1. The Hall–Kier alpha value is -2.61. The van der Waals surface area contributed by atoms with E-state index in [1.54, 1.807) is 39.0 Å². The van der Waals surface area contributed by atoms with Crippen molar-refractivity contribution in [3.8, 4) is 5.75 Å². The van der Waals surface area contributed by atoms with E-state index in [4.69, 9.17) is 9.47 Å².